The van der Waals surface area contributed by atoms with Crippen molar-refractivity contribution in [3.8, 4) is 0 Å². The Hall–Kier alpha value is -2.22. The highest BCUT2D eigenvalue weighted by atomic mass is 32.2. The summed E-state index contributed by atoms with van der Waals surface area (Å²) in [4.78, 5) is 5.72. The highest BCUT2D eigenvalue weighted by Gasteiger charge is 2.26. The van der Waals surface area contributed by atoms with Crippen LogP contribution in [0.4, 0.5) is 5.69 Å². The quantitative estimate of drug-likeness (QED) is 0.598. The Morgan fingerprint density at radius 3 is 2.47 bits per heavy atom. The molecule has 6 nitrogen and oxygen atoms in total. The number of hydrogen-bond acceptors (Lipinski definition) is 4. The SMILES string of the molecule is CN(c1ccc2c(c1)nc(C(C)(C)C)n2CC1CCOCC1)S(=O)c1ccc(CO)cc1. The summed E-state index contributed by atoms with van der Waals surface area (Å²) in [5, 5.41) is 9.24. The normalized spacial score (nSPS) is 16.4. The van der Waals surface area contributed by atoms with Gasteiger partial charge in [-0.25, -0.2) is 9.19 Å². The van der Waals surface area contributed by atoms with Gasteiger partial charge in [0.05, 0.1) is 28.2 Å². The van der Waals surface area contributed by atoms with E-state index in [9.17, 15) is 9.32 Å². The van der Waals surface area contributed by atoms with Crippen molar-refractivity contribution in [2.75, 3.05) is 24.6 Å². The van der Waals surface area contributed by atoms with Gasteiger partial charge in [0, 0.05) is 32.2 Å². The molecule has 0 amide bonds. The average molecular weight is 456 g/mol. The smallest absolute Gasteiger partial charge is 0.152 e. The van der Waals surface area contributed by atoms with Crippen molar-refractivity contribution < 1.29 is 14.1 Å². The minimum Gasteiger partial charge on any atom is -0.392 e. The molecule has 3 aromatic rings. The first-order valence-electron chi connectivity index (χ1n) is 11.2. The summed E-state index contributed by atoms with van der Waals surface area (Å²) >= 11 is 0. The van der Waals surface area contributed by atoms with Crippen LogP contribution in [-0.4, -0.2) is 39.1 Å². The highest BCUT2D eigenvalue weighted by Crippen LogP contribution is 2.31. The van der Waals surface area contributed by atoms with Gasteiger partial charge in [0.2, 0.25) is 0 Å². The molecule has 7 heteroatoms. The number of ether oxygens (including phenoxy) is 1. The Kier molecular flexibility index (Phi) is 6.70. The summed E-state index contributed by atoms with van der Waals surface area (Å²) in [6.07, 6.45) is 2.16. The predicted octanol–water partition coefficient (Wildman–Crippen LogP) is 4.41. The van der Waals surface area contributed by atoms with E-state index in [1.807, 2.05) is 19.2 Å². The number of aliphatic hydroxyl groups excluding tert-OH is 1. The van der Waals surface area contributed by atoms with E-state index in [4.69, 9.17) is 9.72 Å². The zero-order valence-electron chi connectivity index (χ0n) is 19.4. The van der Waals surface area contributed by atoms with Gasteiger partial charge in [-0.2, -0.15) is 0 Å². The fourth-order valence-electron chi connectivity index (χ4n) is 4.22. The van der Waals surface area contributed by atoms with Crippen LogP contribution < -0.4 is 4.31 Å². The Bertz CT molecular complexity index is 1100. The lowest BCUT2D eigenvalue weighted by atomic mass is 9.94. The number of imidazole rings is 1. The Labute approximate surface area is 192 Å². The van der Waals surface area contributed by atoms with Crippen LogP contribution in [0.15, 0.2) is 47.4 Å². The zero-order chi connectivity index (χ0) is 22.9. The number of hydrogen-bond donors (Lipinski definition) is 1. The lowest BCUT2D eigenvalue weighted by molar-refractivity contribution is 0.0611. The second-order valence-corrected chi connectivity index (χ2v) is 11.1. The molecule has 0 aliphatic carbocycles. The van der Waals surface area contributed by atoms with E-state index < -0.39 is 11.0 Å². The van der Waals surface area contributed by atoms with Crippen molar-refractivity contribution in [3.05, 3.63) is 53.9 Å². The van der Waals surface area contributed by atoms with E-state index >= 15 is 0 Å². The number of benzene rings is 2. The van der Waals surface area contributed by atoms with Crippen LogP contribution in [0, 0.1) is 5.92 Å². The lowest BCUT2D eigenvalue weighted by Crippen LogP contribution is -2.25. The monoisotopic (exact) mass is 455 g/mol. The van der Waals surface area contributed by atoms with Crippen molar-refractivity contribution in [3.63, 3.8) is 0 Å². The molecule has 1 unspecified atom stereocenters. The van der Waals surface area contributed by atoms with Gasteiger partial charge >= 0.3 is 0 Å². The molecule has 1 fully saturated rings. The summed E-state index contributed by atoms with van der Waals surface area (Å²) in [6, 6.07) is 13.4. The molecule has 4 rings (SSSR count). The first-order chi connectivity index (χ1) is 15.3. The molecular formula is C25H33N3O3S. The summed E-state index contributed by atoms with van der Waals surface area (Å²) in [7, 11) is 0.484. The van der Waals surface area contributed by atoms with Gasteiger partial charge in [-0.3, -0.25) is 4.31 Å². The maximum Gasteiger partial charge on any atom is 0.152 e. The second-order valence-electron chi connectivity index (χ2n) is 9.57. The Morgan fingerprint density at radius 1 is 1.16 bits per heavy atom. The summed E-state index contributed by atoms with van der Waals surface area (Å²) < 4.78 is 22.8. The first-order valence-corrected chi connectivity index (χ1v) is 12.3. The van der Waals surface area contributed by atoms with Crippen molar-refractivity contribution >= 4 is 27.7 Å². The van der Waals surface area contributed by atoms with Crippen LogP contribution >= 0.6 is 0 Å². The summed E-state index contributed by atoms with van der Waals surface area (Å²) in [6.45, 7) is 9.20. The Balaban J connectivity index is 1.66. The number of aliphatic hydroxyl groups is 1. The standard InChI is InChI=1S/C25H33N3O3S/c1-25(2,3)24-26-22-15-20(27(4)32(30)21-8-5-19(17-29)6-9-21)7-10-23(22)28(24)16-18-11-13-31-14-12-18/h5-10,15,18,29H,11-14,16-17H2,1-4H3. The second kappa shape index (κ2) is 9.33. The first kappa shape index (κ1) is 23.0. The van der Waals surface area contributed by atoms with E-state index in [-0.39, 0.29) is 12.0 Å². The van der Waals surface area contributed by atoms with Gasteiger partial charge in [-0.05, 0) is 54.7 Å². The molecule has 2 heterocycles. The molecule has 2 aromatic carbocycles. The third-order valence-electron chi connectivity index (χ3n) is 6.10. The number of aromatic nitrogens is 2. The summed E-state index contributed by atoms with van der Waals surface area (Å²) in [5.41, 5.74) is 3.64. The van der Waals surface area contributed by atoms with Crippen molar-refractivity contribution in [2.24, 2.45) is 5.92 Å². The molecule has 1 saturated heterocycles. The zero-order valence-corrected chi connectivity index (χ0v) is 20.2. The molecule has 1 aromatic heterocycles. The molecule has 1 atom stereocenters. The van der Waals surface area contributed by atoms with Crippen LogP contribution in [0.2, 0.25) is 0 Å². The number of fused-ring (bicyclic) bond motifs is 1. The van der Waals surface area contributed by atoms with Gasteiger partial charge in [-0.1, -0.05) is 32.9 Å². The van der Waals surface area contributed by atoms with Crippen molar-refractivity contribution in [2.45, 2.75) is 57.1 Å². The number of nitrogens with zero attached hydrogens (tertiary/aromatic N) is 3. The van der Waals surface area contributed by atoms with Crippen molar-refractivity contribution in [1.82, 2.24) is 9.55 Å². The lowest BCUT2D eigenvalue weighted by Gasteiger charge is -2.26. The van der Waals surface area contributed by atoms with Gasteiger partial charge in [0.25, 0.3) is 0 Å². The van der Waals surface area contributed by atoms with Gasteiger partial charge in [-0.15, -0.1) is 0 Å². The largest absolute Gasteiger partial charge is 0.392 e. The molecule has 1 N–H and O–H groups in total. The van der Waals surface area contributed by atoms with E-state index in [2.05, 4.69) is 31.4 Å². The summed E-state index contributed by atoms with van der Waals surface area (Å²) in [5.74, 6) is 1.68. The number of rotatable bonds is 6. The van der Waals surface area contributed by atoms with E-state index in [0.29, 0.717) is 10.8 Å². The fourth-order valence-corrected chi connectivity index (χ4v) is 5.21. The van der Waals surface area contributed by atoms with Crippen molar-refractivity contribution in [1.29, 1.82) is 0 Å². The minimum atomic E-state index is -1.35. The molecule has 32 heavy (non-hydrogen) atoms. The van der Waals surface area contributed by atoms with Crippen LogP contribution in [0.25, 0.3) is 11.0 Å². The molecule has 0 saturated carbocycles. The molecule has 0 radical (unpaired) electrons. The molecule has 0 spiro atoms. The Morgan fingerprint density at radius 2 is 1.84 bits per heavy atom. The molecule has 0 bridgehead atoms. The molecule has 1 aliphatic rings. The van der Waals surface area contributed by atoms with Crippen LogP contribution in [0.3, 0.4) is 0 Å². The van der Waals surface area contributed by atoms with Gasteiger partial charge in [0.15, 0.2) is 11.0 Å². The predicted molar refractivity (Wildman–Crippen MR) is 129 cm³/mol. The van der Waals surface area contributed by atoms with Gasteiger partial charge < -0.3 is 14.4 Å². The van der Waals surface area contributed by atoms with E-state index in [1.165, 1.54) is 0 Å². The maximum atomic E-state index is 13.1. The molecular weight excluding hydrogens is 422 g/mol. The maximum absolute atomic E-state index is 13.1. The van der Waals surface area contributed by atoms with Crippen LogP contribution in [0.5, 0.6) is 0 Å². The number of anilines is 1. The van der Waals surface area contributed by atoms with E-state index in [1.54, 1.807) is 28.6 Å². The third-order valence-corrected chi connectivity index (χ3v) is 7.49. The minimum absolute atomic E-state index is 0.0218. The highest BCUT2D eigenvalue weighted by molar-refractivity contribution is 7.86. The topological polar surface area (TPSA) is 67.6 Å². The average Bonchev–Trinajstić information content (AvgIpc) is 3.17. The molecule has 172 valence electrons. The van der Waals surface area contributed by atoms with Crippen LogP contribution in [-0.2, 0) is 34.3 Å². The van der Waals surface area contributed by atoms with Crippen LogP contribution in [0.1, 0.15) is 45.0 Å². The fraction of sp³-hybridized carbons (Fsp3) is 0.480. The molecule has 1 aliphatic heterocycles. The third kappa shape index (κ3) is 4.75. The van der Waals surface area contributed by atoms with Gasteiger partial charge in [0.1, 0.15) is 5.82 Å². The van der Waals surface area contributed by atoms with E-state index in [0.717, 1.165) is 60.7 Å².